The standard InChI is InChI=1S/C20H18N2O2S/c1-2-24-20(23)13-6-5-7-14(10-13)21-19-15-8-3-4-9-17(15)22-18-12-25-11-16(18)19/h3-10H,2,11-12H2,1H3,(H,21,22). The molecule has 0 bridgehead atoms. The number of para-hydroxylation sites is 1. The van der Waals surface area contributed by atoms with Crippen molar-refractivity contribution in [2.24, 2.45) is 0 Å². The molecule has 1 aromatic heterocycles. The van der Waals surface area contributed by atoms with Gasteiger partial charge in [-0.3, -0.25) is 4.98 Å². The number of fused-ring (bicyclic) bond motifs is 2. The number of benzene rings is 2. The van der Waals surface area contributed by atoms with Gasteiger partial charge in [0, 0.05) is 28.1 Å². The summed E-state index contributed by atoms with van der Waals surface area (Å²) < 4.78 is 5.10. The number of nitrogens with zero attached hydrogens (tertiary/aromatic N) is 1. The zero-order chi connectivity index (χ0) is 17.2. The summed E-state index contributed by atoms with van der Waals surface area (Å²) in [6.07, 6.45) is 0. The topological polar surface area (TPSA) is 51.2 Å². The van der Waals surface area contributed by atoms with Crippen LogP contribution in [0.5, 0.6) is 0 Å². The SMILES string of the molecule is CCOC(=O)c1cccc(Nc2c3c(nc4ccccc24)CSC3)c1. The average Bonchev–Trinajstić information content (AvgIpc) is 3.10. The summed E-state index contributed by atoms with van der Waals surface area (Å²) >= 11 is 1.88. The van der Waals surface area contributed by atoms with Gasteiger partial charge in [-0.1, -0.05) is 24.3 Å². The van der Waals surface area contributed by atoms with E-state index in [4.69, 9.17) is 9.72 Å². The van der Waals surface area contributed by atoms with Crippen LogP contribution in [0, 0.1) is 0 Å². The molecule has 4 rings (SSSR count). The van der Waals surface area contributed by atoms with Crippen molar-refractivity contribution < 1.29 is 9.53 Å². The van der Waals surface area contributed by atoms with Crippen molar-refractivity contribution in [2.75, 3.05) is 11.9 Å². The predicted octanol–water partition coefficient (Wildman–Crippen LogP) is 4.90. The molecule has 1 aliphatic heterocycles. The molecule has 2 aromatic carbocycles. The van der Waals surface area contributed by atoms with Crippen molar-refractivity contribution in [3.63, 3.8) is 0 Å². The van der Waals surface area contributed by atoms with E-state index in [1.807, 2.05) is 55.1 Å². The molecule has 0 atom stereocenters. The molecule has 0 amide bonds. The molecule has 1 aliphatic rings. The third kappa shape index (κ3) is 3.07. The number of pyridine rings is 1. The number of esters is 1. The van der Waals surface area contributed by atoms with Gasteiger partial charge < -0.3 is 10.1 Å². The van der Waals surface area contributed by atoms with Crippen LogP contribution < -0.4 is 5.32 Å². The summed E-state index contributed by atoms with van der Waals surface area (Å²) in [6.45, 7) is 2.18. The van der Waals surface area contributed by atoms with E-state index in [0.717, 1.165) is 39.5 Å². The quantitative estimate of drug-likeness (QED) is 0.678. The first kappa shape index (κ1) is 16.0. The molecule has 5 heteroatoms. The zero-order valence-electron chi connectivity index (χ0n) is 13.9. The highest BCUT2D eigenvalue weighted by Gasteiger charge is 2.20. The van der Waals surface area contributed by atoms with Gasteiger partial charge in [0.05, 0.1) is 29.1 Å². The number of hydrogen-bond acceptors (Lipinski definition) is 5. The van der Waals surface area contributed by atoms with E-state index in [1.165, 1.54) is 5.56 Å². The number of carbonyl (C=O) groups excluding carboxylic acids is 1. The Morgan fingerprint density at radius 2 is 2.08 bits per heavy atom. The molecule has 0 unspecified atom stereocenters. The Kier molecular flexibility index (Phi) is 4.32. The summed E-state index contributed by atoms with van der Waals surface area (Å²) in [5.74, 6) is 1.59. The van der Waals surface area contributed by atoms with Crippen LogP contribution in [0.2, 0.25) is 0 Å². The number of aromatic nitrogens is 1. The van der Waals surface area contributed by atoms with Crippen LogP contribution in [0.3, 0.4) is 0 Å². The number of carbonyl (C=O) groups is 1. The van der Waals surface area contributed by atoms with E-state index in [9.17, 15) is 4.79 Å². The number of rotatable bonds is 4. The van der Waals surface area contributed by atoms with Crippen LogP contribution in [0.4, 0.5) is 11.4 Å². The Morgan fingerprint density at radius 3 is 2.96 bits per heavy atom. The maximum absolute atomic E-state index is 12.0. The lowest BCUT2D eigenvalue weighted by Gasteiger charge is -2.15. The molecule has 0 aliphatic carbocycles. The minimum Gasteiger partial charge on any atom is -0.462 e. The number of anilines is 2. The summed E-state index contributed by atoms with van der Waals surface area (Å²) in [5, 5.41) is 4.63. The van der Waals surface area contributed by atoms with E-state index in [1.54, 1.807) is 6.07 Å². The van der Waals surface area contributed by atoms with Gasteiger partial charge in [0.1, 0.15) is 0 Å². The number of thioether (sulfide) groups is 1. The summed E-state index contributed by atoms with van der Waals surface area (Å²) in [7, 11) is 0. The summed E-state index contributed by atoms with van der Waals surface area (Å²) in [4.78, 5) is 16.8. The van der Waals surface area contributed by atoms with Crippen molar-refractivity contribution in [3.8, 4) is 0 Å². The van der Waals surface area contributed by atoms with Crippen LogP contribution in [0.15, 0.2) is 48.5 Å². The Morgan fingerprint density at radius 1 is 1.20 bits per heavy atom. The Bertz CT molecular complexity index is 956. The predicted molar refractivity (Wildman–Crippen MR) is 102 cm³/mol. The normalized spacial score (nSPS) is 12.8. The summed E-state index contributed by atoms with van der Waals surface area (Å²) in [6, 6.07) is 15.6. The van der Waals surface area contributed by atoms with Gasteiger partial charge in [0.15, 0.2) is 0 Å². The van der Waals surface area contributed by atoms with Crippen LogP contribution in [0.25, 0.3) is 10.9 Å². The highest BCUT2D eigenvalue weighted by Crippen LogP contribution is 2.39. The van der Waals surface area contributed by atoms with Crippen molar-refractivity contribution in [1.29, 1.82) is 0 Å². The van der Waals surface area contributed by atoms with Crippen LogP contribution in [-0.4, -0.2) is 17.6 Å². The second-order valence-corrected chi connectivity index (χ2v) is 6.83. The molecule has 2 heterocycles. The average molecular weight is 350 g/mol. The lowest BCUT2D eigenvalue weighted by atomic mass is 10.1. The Balaban J connectivity index is 1.77. The molecule has 126 valence electrons. The largest absolute Gasteiger partial charge is 0.462 e. The van der Waals surface area contributed by atoms with E-state index in [0.29, 0.717) is 12.2 Å². The second-order valence-electron chi connectivity index (χ2n) is 5.85. The molecular weight excluding hydrogens is 332 g/mol. The van der Waals surface area contributed by atoms with Crippen LogP contribution >= 0.6 is 11.8 Å². The van der Waals surface area contributed by atoms with Crippen molar-refractivity contribution in [3.05, 3.63) is 65.4 Å². The molecule has 0 fully saturated rings. The summed E-state index contributed by atoms with van der Waals surface area (Å²) in [5.41, 5.74) is 5.91. The third-order valence-corrected chi connectivity index (χ3v) is 5.18. The first-order valence-electron chi connectivity index (χ1n) is 8.28. The van der Waals surface area contributed by atoms with Gasteiger partial charge in [-0.05, 0) is 31.2 Å². The fourth-order valence-electron chi connectivity index (χ4n) is 3.05. The highest BCUT2D eigenvalue weighted by molar-refractivity contribution is 7.98. The molecule has 3 aromatic rings. The smallest absolute Gasteiger partial charge is 0.338 e. The first-order valence-corrected chi connectivity index (χ1v) is 9.44. The maximum atomic E-state index is 12.0. The number of ether oxygens (including phenoxy) is 1. The van der Waals surface area contributed by atoms with Crippen LogP contribution in [-0.2, 0) is 16.2 Å². The van der Waals surface area contributed by atoms with Gasteiger partial charge in [0.2, 0.25) is 0 Å². The molecule has 1 N–H and O–H groups in total. The van der Waals surface area contributed by atoms with Crippen LogP contribution in [0.1, 0.15) is 28.5 Å². The fraction of sp³-hybridized carbons (Fsp3) is 0.200. The molecule has 4 nitrogen and oxygen atoms in total. The van der Waals surface area contributed by atoms with Crippen molar-refractivity contribution in [2.45, 2.75) is 18.4 Å². The van der Waals surface area contributed by atoms with E-state index in [2.05, 4.69) is 11.4 Å². The van der Waals surface area contributed by atoms with E-state index in [-0.39, 0.29) is 5.97 Å². The third-order valence-electron chi connectivity index (χ3n) is 4.21. The second kappa shape index (κ2) is 6.76. The van der Waals surface area contributed by atoms with Gasteiger partial charge >= 0.3 is 5.97 Å². The van der Waals surface area contributed by atoms with Crippen molar-refractivity contribution >= 4 is 40.0 Å². The molecule has 0 radical (unpaired) electrons. The number of nitrogens with one attached hydrogen (secondary N) is 1. The van der Waals surface area contributed by atoms with Gasteiger partial charge in [0.25, 0.3) is 0 Å². The van der Waals surface area contributed by atoms with E-state index >= 15 is 0 Å². The lowest BCUT2D eigenvalue weighted by Crippen LogP contribution is -2.05. The van der Waals surface area contributed by atoms with Gasteiger partial charge in [-0.2, -0.15) is 11.8 Å². The first-order chi connectivity index (χ1) is 12.3. The lowest BCUT2D eigenvalue weighted by molar-refractivity contribution is 0.0526. The van der Waals surface area contributed by atoms with Gasteiger partial charge in [-0.25, -0.2) is 4.79 Å². The Hall–Kier alpha value is -2.53. The van der Waals surface area contributed by atoms with Gasteiger partial charge in [-0.15, -0.1) is 0 Å². The minimum absolute atomic E-state index is 0.300. The molecular formula is C20H18N2O2S. The minimum atomic E-state index is -0.300. The Labute approximate surface area is 150 Å². The highest BCUT2D eigenvalue weighted by atomic mass is 32.2. The molecule has 25 heavy (non-hydrogen) atoms. The zero-order valence-corrected chi connectivity index (χ0v) is 14.7. The molecule has 0 saturated heterocycles. The van der Waals surface area contributed by atoms with E-state index < -0.39 is 0 Å². The fourth-order valence-corrected chi connectivity index (χ4v) is 4.10. The maximum Gasteiger partial charge on any atom is 0.338 e. The number of hydrogen-bond donors (Lipinski definition) is 1. The van der Waals surface area contributed by atoms with Crippen molar-refractivity contribution in [1.82, 2.24) is 4.98 Å². The monoisotopic (exact) mass is 350 g/mol. The molecule has 0 saturated carbocycles. The molecule has 0 spiro atoms.